The summed E-state index contributed by atoms with van der Waals surface area (Å²) in [5.41, 5.74) is 0. The van der Waals surface area contributed by atoms with Crippen LogP contribution in [0.25, 0.3) is 0 Å². The van der Waals surface area contributed by atoms with Crippen LogP contribution in [0.5, 0.6) is 0 Å². The van der Waals surface area contributed by atoms with Gasteiger partial charge in [-0.3, -0.25) is 4.79 Å². The van der Waals surface area contributed by atoms with E-state index < -0.39 is 61.8 Å². The molecule has 0 bridgehead atoms. The molecule has 116 valence electrons. The van der Waals surface area contributed by atoms with E-state index in [1.165, 1.54) is 0 Å². The highest BCUT2D eigenvalue weighted by Gasteiger charge is 2.45. The minimum Gasteiger partial charge on any atom is -0.481 e. The van der Waals surface area contributed by atoms with Crippen molar-refractivity contribution in [3.63, 3.8) is 0 Å². The van der Waals surface area contributed by atoms with E-state index in [9.17, 15) is 24.9 Å². The Labute approximate surface area is 112 Å². The molecule has 0 aromatic rings. The van der Waals surface area contributed by atoms with Crippen LogP contribution in [-0.2, 0) is 19.1 Å². The summed E-state index contributed by atoms with van der Waals surface area (Å²) in [6, 6.07) is 0. The highest BCUT2D eigenvalue weighted by molar-refractivity contribution is 5.79. The second-order valence-corrected chi connectivity index (χ2v) is 4.26. The monoisotopic (exact) mass is 296 g/mol. The Balaban J connectivity index is 2.77. The average Bonchev–Trinajstić information content (AvgIpc) is 2.37. The van der Waals surface area contributed by atoms with Gasteiger partial charge in [-0.15, -0.1) is 0 Å². The van der Waals surface area contributed by atoms with Crippen LogP contribution < -0.4 is 0 Å². The SMILES string of the molecule is O=C(O)C[C@H](O[C@@H]1OC(CO)[C@@H](O)C(O)C1O)C(=O)O. The third-order valence-corrected chi connectivity index (χ3v) is 2.78. The summed E-state index contributed by atoms with van der Waals surface area (Å²) in [7, 11) is 0. The third-order valence-electron chi connectivity index (χ3n) is 2.78. The van der Waals surface area contributed by atoms with Crippen LogP contribution in [0.2, 0.25) is 0 Å². The second-order valence-electron chi connectivity index (χ2n) is 4.26. The molecule has 0 aliphatic carbocycles. The quantitative estimate of drug-likeness (QED) is 0.292. The van der Waals surface area contributed by atoms with Gasteiger partial charge in [0.25, 0.3) is 0 Å². The summed E-state index contributed by atoms with van der Waals surface area (Å²) in [5, 5.41) is 54.8. The number of carboxylic acids is 2. The maximum atomic E-state index is 10.8. The molecule has 6 atom stereocenters. The van der Waals surface area contributed by atoms with Gasteiger partial charge >= 0.3 is 11.9 Å². The second kappa shape index (κ2) is 6.92. The fourth-order valence-electron chi connectivity index (χ4n) is 1.69. The summed E-state index contributed by atoms with van der Waals surface area (Å²) in [6.07, 6.45) is -10.8. The van der Waals surface area contributed by atoms with Gasteiger partial charge < -0.3 is 40.1 Å². The van der Waals surface area contributed by atoms with Crippen molar-refractivity contribution in [2.24, 2.45) is 0 Å². The molecule has 3 unspecified atom stereocenters. The van der Waals surface area contributed by atoms with Crippen molar-refractivity contribution in [1.82, 2.24) is 0 Å². The lowest BCUT2D eigenvalue weighted by Gasteiger charge is -2.40. The van der Waals surface area contributed by atoms with Crippen molar-refractivity contribution in [3.8, 4) is 0 Å². The first-order valence-corrected chi connectivity index (χ1v) is 5.68. The zero-order valence-electron chi connectivity index (χ0n) is 10.2. The molecular formula is C10H16O10. The molecule has 1 heterocycles. The number of hydrogen-bond donors (Lipinski definition) is 6. The topological polar surface area (TPSA) is 174 Å². The minimum absolute atomic E-state index is 0.707. The Bertz CT molecular complexity index is 356. The molecule has 10 heteroatoms. The van der Waals surface area contributed by atoms with E-state index in [0.29, 0.717) is 0 Å². The maximum absolute atomic E-state index is 10.8. The van der Waals surface area contributed by atoms with Crippen LogP contribution in [0.3, 0.4) is 0 Å². The van der Waals surface area contributed by atoms with E-state index in [-0.39, 0.29) is 0 Å². The zero-order valence-corrected chi connectivity index (χ0v) is 10.2. The third kappa shape index (κ3) is 3.85. The van der Waals surface area contributed by atoms with Gasteiger partial charge in [0.05, 0.1) is 13.0 Å². The first-order chi connectivity index (χ1) is 9.27. The summed E-state index contributed by atoms with van der Waals surface area (Å²) in [5.74, 6) is -3.04. The Kier molecular flexibility index (Phi) is 5.80. The van der Waals surface area contributed by atoms with Crippen molar-refractivity contribution in [2.75, 3.05) is 6.61 Å². The van der Waals surface area contributed by atoms with Crippen LogP contribution >= 0.6 is 0 Å². The van der Waals surface area contributed by atoms with Gasteiger partial charge in [0.1, 0.15) is 24.4 Å². The molecular weight excluding hydrogens is 280 g/mol. The van der Waals surface area contributed by atoms with Gasteiger partial charge in [-0.25, -0.2) is 4.79 Å². The zero-order chi connectivity index (χ0) is 15.4. The molecule has 1 rings (SSSR count). The molecule has 0 saturated carbocycles. The van der Waals surface area contributed by atoms with Gasteiger partial charge in [0, 0.05) is 0 Å². The van der Waals surface area contributed by atoms with Gasteiger partial charge in [0.15, 0.2) is 12.4 Å². The number of aliphatic carboxylic acids is 2. The highest BCUT2D eigenvalue weighted by Crippen LogP contribution is 2.23. The lowest BCUT2D eigenvalue weighted by atomic mass is 9.99. The van der Waals surface area contributed by atoms with Crippen molar-refractivity contribution >= 4 is 11.9 Å². The predicted molar refractivity (Wildman–Crippen MR) is 58.5 cm³/mol. The largest absolute Gasteiger partial charge is 0.481 e. The fourth-order valence-corrected chi connectivity index (χ4v) is 1.69. The molecule has 1 saturated heterocycles. The molecule has 10 nitrogen and oxygen atoms in total. The lowest BCUT2D eigenvalue weighted by Crippen LogP contribution is -2.60. The summed E-state index contributed by atoms with van der Waals surface area (Å²) >= 11 is 0. The van der Waals surface area contributed by atoms with Crippen molar-refractivity contribution in [3.05, 3.63) is 0 Å². The number of hydrogen-bond acceptors (Lipinski definition) is 8. The number of aliphatic hydroxyl groups excluding tert-OH is 4. The van der Waals surface area contributed by atoms with Gasteiger partial charge in [0.2, 0.25) is 0 Å². The Morgan fingerprint density at radius 1 is 1.10 bits per heavy atom. The fraction of sp³-hybridized carbons (Fsp3) is 0.800. The van der Waals surface area contributed by atoms with Crippen LogP contribution in [0.15, 0.2) is 0 Å². The Hall–Kier alpha value is -1.30. The van der Waals surface area contributed by atoms with E-state index in [4.69, 9.17) is 24.8 Å². The molecule has 0 aromatic carbocycles. The minimum atomic E-state index is -1.81. The van der Waals surface area contributed by atoms with Gasteiger partial charge in [-0.2, -0.15) is 0 Å². The molecule has 0 aromatic heterocycles. The van der Waals surface area contributed by atoms with Crippen LogP contribution in [0, 0.1) is 0 Å². The summed E-state index contributed by atoms with van der Waals surface area (Å²) in [4.78, 5) is 21.3. The van der Waals surface area contributed by atoms with E-state index >= 15 is 0 Å². The Morgan fingerprint density at radius 3 is 2.15 bits per heavy atom. The van der Waals surface area contributed by atoms with Gasteiger partial charge in [-0.05, 0) is 0 Å². The number of carbonyl (C=O) groups is 2. The van der Waals surface area contributed by atoms with Crippen molar-refractivity contribution < 1.29 is 49.7 Å². The van der Waals surface area contributed by atoms with E-state index in [1.807, 2.05) is 0 Å². The smallest absolute Gasteiger partial charge is 0.333 e. The maximum Gasteiger partial charge on any atom is 0.333 e. The molecule has 1 fully saturated rings. The molecule has 20 heavy (non-hydrogen) atoms. The standard InChI is InChI=1S/C10H16O10/c11-2-4-6(14)7(15)8(16)10(20-4)19-3(9(17)18)1-5(12)13/h3-4,6-8,10-11,14-16H,1-2H2,(H,12,13)(H,17,18)/t3-,4?,6+,7?,8?,10+/m0/s1. The number of aliphatic hydroxyl groups is 4. The predicted octanol–water partition coefficient (Wildman–Crippen LogP) is -3.27. The van der Waals surface area contributed by atoms with Crippen molar-refractivity contribution in [2.45, 2.75) is 43.2 Å². The van der Waals surface area contributed by atoms with Crippen LogP contribution in [-0.4, -0.2) is 86.0 Å². The van der Waals surface area contributed by atoms with Crippen molar-refractivity contribution in [1.29, 1.82) is 0 Å². The molecule has 1 aliphatic rings. The van der Waals surface area contributed by atoms with Gasteiger partial charge in [-0.1, -0.05) is 0 Å². The molecule has 0 spiro atoms. The van der Waals surface area contributed by atoms with E-state index in [0.717, 1.165) is 0 Å². The van der Waals surface area contributed by atoms with Crippen LogP contribution in [0.1, 0.15) is 6.42 Å². The number of rotatable bonds is 6. The van der Waals surface area contributed by atoms with E-state index in [2.05, 4.69) is 0 Å². The van der Waals surface area contributed by atoms with E-state index in [1.54, 1.807) is 0 Å². The average molecular weight is 296 g/mol. The number of ether oxygens (including phenoxy) is 2. The first-order valence-electron chi connectivity index (χ1n) is 5.68. The summed E-state index contributed by atoms with van der Waals surface area (Å²) in [6.45, 7) is -0.707. The summed E-state index contributed by atoms with van der Waals surface area (Å²) < 4.78 is 9.70. The molecule has 1 aliphatic heterocycles. The molecule has 0 radical (unpaired) electrons. The lowest BCUT2D eigenvalue weighted by molar-refractivity contribution is -0.310. The Morgan fingerprint density at radius 2 is 1.70 bits per heavy atom. The molecule has 6 N–H and O–H groups in total. The van der Waals surface area contributed by atoms with Crippen LogP contribution in [0.4, 0.5) is 0 Å². The molecule has 0 amide bonds. The first kappa shape index (κ1) is 16.8. The number of carboxylic acid groups (broad SMARTS) is 2. The normalized spacial score (nSPS) is 35.5. The highest BCUT2D eigenvalue weighted by atomic mass is 16.7.